The number of hydrogen-bond donors (Lipinski definition) is 1. The Balaban J connectivity index is 1.47. The molecule has 174 valence electrons. The second-order valence-electron chi connectivity index (χ2n) is 8.65. The van der Waals surface area contributed by atoms with Crippen molar-refractivity contribution in [2.24, 2.45) is 0 Å². The maximum Gasteiger partial charge on any atom is 0.247 e. The highest BCUT2D eigenvalue weighted by Crippen LogP contribution is 2.21. The van der Waals surface area contributed by atoms with E-state index in [9.17, 15) is 9.59 Å². The molecule has 0 unspecified atom stereocenters. The molecule has 0 spiro atoms. The number of carbonyl (C=O) groups excluding carboxylic acids is 2. The van der Waals surface area contributed by atoms with Gasteiger partial charge >= 0.3 is 0 Å². The van der Waals surface area contributed by atoms with E-state index in [4.69, 9.17) is 9.15 Å². The highest BCUT2D eigenvalue weighted by Gasteiger charge is 2.33. The summed E-state index contributed by atoms with van der Waals surface area (Å²) in [7, 11) is 0. The first kappa shape index (κ1) is 22.4. The van der Waals surface area contributed by atoms with Crippen molar-refractivity contribution >= 4 is 11.8 Å². The summed E-state index contributed by atoms with van der Waals surface area (Å²) in [5, 5.41) is 15.4. The van der Waals surface area contributed by atoms with Gasteiger partial charge in [-0.3, -0.25) is 9.59 Å². The van der Waals surface area contributed by atoms with Gasteiger partial charge in [0.25, 0.3) is 0 Å². The van der Waals surface area contributed by atoms with Crippen LogP contribution in [0.4, 0.5) is 0 Å². The van der Waals surface area contributed by atoms with Gasteiger partial charge < -0.3 is 19.4 Å². The smallest absolute Gasteiger partial charge is 0.247 e. The van der Waals surface area contributed by atoms with Crippen molar-refractivity contribution in [2.45, 2.75) is 83.5 Å². The van der Waals surface area contributed by atoms with Crippen molar-refractivity contribution < 1.29 is 18.7 Å². The fraction of sp³-hybridized carbons (Fsp3) is 0.682. The fourth-order valence-corrected chi connectivity index (χ4v) is 4.50. The van der Waals surface area contributed by atoms with Crippen LogP contribution in [0.2, 0.25) is 0 Å². The molecule has 2 fully saturated rings. The van der Waals surface area contributed by atoms with Crippen LogP contribution in [0, 0.1) is 6.92 Å². The Kier molecular flexibility index (Phi) is 7.19. The number of ether oxygens (including phenoxy) is 1. The first-order chi connectivity index (χ1) is 15.5. The second-order valence-corrected chi connectivity index (χ2v) is 8.65. The molecule has 1 aliphatic heterocycles. The summed E-state index contributed by atoms with van der Waals surface area (Å²) in [6, 6.07) is 3.23. The normalized spacial score (nSPS) is 19.9. The van der Waals surface area contributed by atoms with Crippen LogP contribution < -0.4 is 5.32 Å². The third-order valence-electron chi connectivity index (χ3n) is 6.20. The van der Waals surface area contributed by atoms with Gasteiger partial charge in [-0.25, -0.2) is 0 Å². The van der Waals surface area contributed by atoms with Crippen molar-refractivity contribution in [2.75, 3.05) is 13.2 Å². The summed E-state index contributed by atoms with van der Waals surface area (Å²) in [6.07, 6.45) is 6.59. The molecule has 3 heterocycles. The third-order valence-corrected chi connectivity index (χ3v) is 6.20. The standard InChI is InChI=1S/C22H32N6O4/c1-3-18(22(30)23-16-7-4-5-8-16)27(13-17-9-6-12-31-17)20(29)14-28-25-21(24-26-28)19-11-10-15(2)32-19/h10-11,16-18H,3-9,12-14H2,1-2H3,(H,23,30)/t17-,18-/m0/s1. The van der Waals surface area contributed by atoms with Crippen LogP contribution in [0.5, 0.6) is 0 Å². The van der Waals surface area contributed by atoms with Crippen LogP contribution in [0.15, 0.2) is 16.5 Å². The summed E-state index contributed by atoms with van der Waals surface area (Å²) in [5.41, 5.74) is 0. The molecular weight excluding hydrogens is 412 g/mol. The Morgan fingerprint density at radius 1 is 1.25 bits per heavy atom. The van der Waals surface area contributed by atoms with Crippen molar-refractivity contribution in [1.82, 2.24) is 30.4 Å². The molecule has 2 aromatic heterocycles. The number of nitrogens with one attached hydrogen (secondary N) is 1. The van der Waals surface area contributed by atoms with Gasteiger partial charge in [0.1, 0.15) is 18.3 Å². The maximum absolute atomic E-state index is 13.3. The minimum absolute atomic E-state index is 0.0577. The molecule has 1 N–H and O–H groups in total. The summed E-state index contributed by atoms with van der Waals surface area (Å²) in [4.78, 5) is 29.3. The number of nitrogens with zero attached hydrogens (tertiary/aromatic N) is 5. The molecule has 10 nitrogen and oxygen atoms in total. The molecule has 32 heavy (non-hydrogen) atoms. The van der Waals surface area contributed by atoms with E-state index in [1.807, 2.05) is 19.9 Å². The van der Waals surface area contributed by atoms with E-state index in [1.54, 1.807) is 11.0 Å². The van der Waals surface area contributed by atoms with Crippen molar-refractivity contribution in [3.63, 3.8) is 0 Å². The van der Waals surface area contributed by atoms with E-state index in [-0.39, 0.29) is 30.5 Å². The van der Waals surface area contributed by atoms with Crippen molar-refractivity contribution in [3.8, 4) is 11.6 Å². The molecule has 4 rings (SSSR count). The molecule has 0 aromatic carbocycles. The van der Waals surface area contributed by atoms with Gasteiger partial charge in [0.15, 0.2) is 5.76 Å². The average Bonchev–Trinajstić information content (AvgIpc) is 3.56. The van der Waals surface area contributed by atoms with Crippen molar-refractivity contribution in [3.05, 3.63) is 17.9 Å². The number of amides is 2. The number of carbonyl (C=O) groups is 2. The molecule has 2 amide bonds. The molecule has 2 aromatic rings. The Labute approximate surface area is 187 Å². The largest absolute Gasteiger partial charge is 0.458 e. The Morgan fingerprint density at radius 2 is 2.06 bits per heavy atom. The van der Waals surface area contributed by atoms with E-state index in [0.29, 0.717) is 31.2 Å². The van der Waals surface area contributed by atoms with Crippen LogP contribution in [-0.2, 0) is 20.9 Å². The lowest BCUT2D eigenvalue weighted by molar-refractivity contribution is -0.143. The zero-order chi connectivity index (χ0) is 22.5. The van der Waals surface area contributed by atoms with Gasteiger partial charge in [0, 0.05) is 19.2 Å². The number of tetrazole rings is 1. The zero-order valence-corrected chi connectivity index (χ0v) is 18.8. The highest BCUT2D eigenvalue weighted by molar-refractivity contribution is 5.87. The predicted octanol–water partition coefficient (Wildman–Crippen LogP) is 2.09. The summed E-state index contributed by atoms with van der Waals surface area (Å²) in [6.45, 7) is 4.73. The Morgan fingerprint density at radius 3 is 2.72 bits per heavy atom. The monoisotopic (exact) mass is 444 g/mol. The maximum atomic E-state index is 13.3. The number of hydrogen-bond acceptors (Lipinski definition) is 7. The Bertz CT molecular complexity index is 913. The molecule has 0 radical (unpaired) electrons. The molecule has 0 bridgehead atoms. The van der Waals surface area contributed by atoms with E-state index in [0.717, 1.165) is 44.3 Å². The molecule has 2 atom stereocenters. The highest BCUT2D eigenvalue weighted by atomic mass is 16.5. The van der Waals surface area contributed by atoms with E-state index < -0.39 is 6.04 Å². The summed E-state index contributed by atoms with van der Waals surface area (Å²) in [5.74, 6) is 1.24. The molecule has 2 aliphatic rings. The first-order valence-electron chi connectivity index (χ1n) is 11.6. The van der Waals surface area contributed by atoms with Crippen LogP contribution in [-0.4, -0.2) is 68.3 Å². The van der Waals surface area contributed by atoms with Crippen LogP contribution in [0.3, 0.4) is 0 Å². The van der Waals surface area contributed by atoms with Crippen LogP contribution in [0.1, 0.15) is 57.6 Å². The SMILES string of the molecule is CC[C@@H](C(=O)NC1CCCC1)N(C[C@@H]1CCCO1)C(=O)Cn1nnc(-c2ccc(C)o2)n1. The van der Waals surface area contributed by atoms with E-state index in [1.165, 1.54) is 4.80 Å². The number of rotatable bonds is 9. The zero-order valence-electron chi connectivity index (χ0n) is 18.8. The minimum Gasteiger partial charge on any atom is -0.458 e. The number of furan rings is 1. The lowest BCUT2D eigenvalue weighted by atomic mass is 10.1. The Hall–Kier alpha value is -2.75. The second kappa shape index (κ2) is 10.2. The lowest BCUT2D eigenvalue weighted by Crippen LogP contribution is -2.54. The molecule has 1 saturated carbocycles. The summed E-state index contributed by atoms with van der Waals surface area (Å²) < 4.78 is 11.3. The lowest BCUT2D eigenvalue weighted by Gasteiger charge is -2.32. The molecular formula is C22H32N6O4. The van der Waals surface area contributed by atoms with E-state index >= 15 is 0 Å². The molecule has 1 saturated heterocycles. The number of aromatic nitrogens is 4. The quantitative estimate of drug-likeness (QED) is 0.630. The topological polar surface area (TPSA) is 115 Å². The average molecular weight is 445 g/mol. The van der Waals surface area contributed by atoms with Gasteiger partial charge in [-0.1, -0.05) is 19.8 Å². The van der Waals surface area contributed by atoms with Gasteiger partial charge in [-0.2, -0.15) is 4.80 Å². The van der Waals surface area contributed by atoms with Gasteiger partial charge in [0.2, 0.25) is 17.6 Å². The van der Waals surface area contributed by atoms with Gasteiger partial charge in [0.05, 0.1) is 6.10 Å². The third kappa shape index (κ3) is 5.35. The van der Waals surface area contributed by atoms with Crippen molar-refractivity contribution in [1.29, 1.82) is 0 Å². The first-order valence-corrected chi connectivity index (χ1v) is 11.6. The van der Waals surface area contributed by atoms with Crippen LogP contribution in [0.25, 0.3) is 11.6 Å². The van der Waals surface area contributed by atoms with Crippen LogP contribution >= 0.6 is 0 Å². The predicted molar refractivity (Wildman–Crippen MR) is 115 cm³/mol. The number of aryl methyl sites for hydroxylation is 1. The molecule has 1 aliphatic carbocycles. The minimum atomic E-state index is -0.553. The fourth-order valence-electron chi connectivity index (χ4n) is 4.50. The van der Waals surface area contributed by atoms with Gasteiger partial charge in [-0.15, -0.1) is 10.2 Å². The summed E-state index contributed by atoms with van der Waals surface area (Å²) >= 11 is 0. The van der Waals surface area contributed by atoms with Gasteiger partial charge in [-0.05, 0) is 56.4 Å². The molecule has 10 heteroatoms. The van der Waals surface area contributed by atoms with E-state index in [2.05, 4.69) is 20.7 Å².